The van der Waals surface area contributed by atoms with Crippen molar-refractivity contribution < 1.29 is 4.42 Å². The highest BCUT2D eigenvalue weighted by atomic mass is 16.4. The maximum Gasteiger partial charge on any atom is 0.362 e. The summed E-state index contributed by atoms with van der Waals surface area (Å²) in [4.78, 5) is 21.2. The molecule has 0 spiro atoms. The Balaban J connectivity index is 1.97. The minimum Gasteiger partial charge on any atom is -0.421 e. The number of benzene rings is 2. The number of anilines is 2. The molecule has 0 saturated heterocycles. The zero-order valence-electron chi connectivity index (χ0n) is 17.2. The second-order valence-electron chi connectivity index (χ2n) is 6.96. The number of rotatable bonds is 6. The number of hydrogen-bond donors (Lipinski definition) is 0. The standard InChI is InChI=1S/C23H27N3O2/c1-6-26(7-2)19-12-13-20-16(3)22(23(27)28-21(20)14-19)24-15-17-8-10-18(11-9-17)25(4)5/h8-15H,6-7H2,1-5H3. The van der Waals surface area contributed by atoms with Gasteiger partial charge in [-0.2, -0.15) is 0 Å². The number of aryl methyl sites for hydroxylation is 1. The third-order valence-electron chi connectivity index (χ3n) is 5.00. The maximum absolute atomic E-state index is 12.5. The molecule has 0 aliphatic rings. The monoisotopic (exact) mass is 377 g/mol. The van der Waals surface area contributed by atoms with Gasteiger partial charge in [-0.15, -0.1) is 0 Å². The first-order valence-corrected chi connectivity index (χ1v) is 9.58. The lowest BCUT2D eigenvalue weighted by Crippen LogP contribution is -2.21. The first-order chi connectivity index (χ1) is 13.4. The van der Waals surface area contributed by atoms with E-state index in [4.69, 9.17) is 4.42 Å². The maximum atomic E-state index is 12.5. The minimum absolute atomic E-state index is 0.347. The SMILES string of the molecule is CCN(CC)c1ccc2c(C)c(N=Cc3ccc(N(C)C)cc3)c(=O)oc2c1. The first-order valence-electron chi connectivity index (χ1n) is 9.58. The van der Waals surface area contributed by atoms with E-state index in [0.29, 0.717) is 11.3 Å². The van der Waals surface area contributed by atoms with Gasteiger partial charge >= 0.3 is 5.63 Å². The summed E-state index contributed by atoms with van der Waals surface area (Å²) >= 11 is 0. The summed E-state index contributed by atoms with van der Waals surface area (Å²) in [6.07, 6.45) is 1.70. The summed E-state index contributed by atoms with van der Waals surface area (Å²) in [6.45, 7) is 7.94. The zero-order chi connectivity index (χ0) is 20.3. The van der Waals surface area contributed by atoms with Crippen molar-refractivity contribution in [2.45, 2.75) is 20.8 Å². The fourth-order valence-corrected chi connectivity index (χ4v) is 3.27. The highest BCUT2D eigenvalue weighted by Crippen LogP contribution is 2.28. The van der Waals surface area contributed by atoms with Crippen LogP contribution in [0.5, 0.6) is 0 Å². The molecule has 5 nitrogen and oxygen atoms in total. The van der Waals surface area contributed by atoms with Crippen molar-refractivity contribution >= 4 is 34.2 Å². The second-order valence-corrected chi connectivity index (χ2v) is 6.96. The molecule has 5 heteroatoms. The van der Waals surface area contributed by atoms with Gasteiger partial charge in [0.05, 0.1) is 0 Å². The number of aliphatic imine (C=N–C) groups is 1. The molecule has 1 aromatic heterocycles. The molecule has 28 heavy (non-hydrogen) atoms. The molecule has 0 amide bonds. The lowest BCUT2D eigenvalue weighted by Gasteiger charge is -2.21. The van der Waals surface area contributed by atoms with Crippen molar-refractivity contribution in [2.75, 3.05) is 37.0 Å². The van der Waals surface area contributed by atoms with Crippen molar-refractivity contribution in [1.82, 2.24) is 0 Å². The topological polar surface area (TPSA) is 49.0 Å². The van der Waals surface area contributed by atoms with E-state index in [2.05, 4.69) is 29.8 Å². The molecule has 0 aliphatic heterocycles. The molecule has 0 bridgehead atoms. The summed E-state index contributed by atoms with van der Waals surface area (Å²) in [5.74, 6) is 0. The molecular formula is C23H27N3O2. The molecule has 2 aromatic carbocycles. The van der Waals surface area contributed by atoms with Crippen LogP contribution in [0.3, 0.4) is 0 Å². The Bertz CT molecular complexity index is 1050. The predicted octanol–water partition coefficient (Wildman–Crippen LogP) is 4.76. The summed E-state index contributed by atoms with van der Waals surface area (Å²) in [6, 6.07) is 14.0. The molecule has 0 atom stereocenters. The first kappa shape index (κ1) is 19.7. The molecule has 0 N–H and O–H groups in total. The Morgan fingerprint density at radius 3 is 2.25 bits per heavy atom. The fraction of sp³-hybridized carbons (Fsp3) is 0.304. The van der Waals surface area contributed by atoms with Crippen LogP contribution in [0.2, 0.25) is 0 Å². The Morgan fingerprint density at radius 2 is 1.64 bits per heavy atom. The van der Waals surface area contributed by atoms with Crippen LogP contribution in [0, 0.1) is 6.92 Å². The van der Waals surface area contributed by atoms with Crippen molar-refractivity contribution in [1.29, 1.82) is 0 Å². The van der Waals surface area contributed by atoms with Gasteiger partial charge in [-0.1, -0.05) is 12.1 Å². The molecule has 146 valence electrons. The van der Waals surface area contributed by atoms with Crippen LogP contribution in [-0.4, -0.2) is 33.4 Å². The van der Waals surface area contributed by atoms with E-state index in [1.165, 1.54) is 0 Å². The molecule has 0 saturated carbocycles. The lowest BCUT2D eigenvalue weighted by molar-refractivity contribution is 0.561. The van der Waals surface area contributed by atoms with Crippen LogP contribution in [0.15, 0.2) is 56.7 Å². The minimum atomic E-state index is -0.414. The van der Waals surface area contributed by atoms with Gasteiger partial charge in [0.2, 0.25) is 0 Å². The van der Waals surface area contributed by atoms with E-state index >= 15 is 0 Å². The molecule has 3 aromatic rings. The van der Waals surface area contributed by atoms with Gasteiger partial charge in [0.15, 0.2) is 5.69 Å². The molecule has 0 fully saturated rings. The number of nitrogens with zero attached hydrogens (tertiary/aromatic N) is 3. The van der Waals surface area contributed by atoms with E-state index < -0.39 is 5.63 Å². The Hall–Kier alpha value is -3.08. The van der Waals surface area contributed by atoms with Gasteiger partial charge < -0.3 is 14.2 Å². The van der Waals surface area contributed by atoms with E-state index in [-0.39, 0.29) is 0 Å². The van der Waals surface area contributed by atoms with Crippen LogP contribution in [0.1, 0.15) is 25.0 Å². The van der Waals surface area contributed by atoms with Crippen molar-refractivity contribution in [2.24, 2.45) is 4.99 Å². The molecular weight excluding hydrogens is 350 g/mol. The van der Waals surface area contributed by atoms with Crippen LogP contribution in [-0.2, 0) is 0 Å². The average molecular weight is 377 g/mol. The van der Waals surface area contributed by atoms with E-state index in [0.717, 1.165) is 41.0 Å². The summed E-state index contributed by atoms with van der Waals surface area (Å²) in [5, 5.41) is 0.908. The van der Waals surface area contributed by atoms with Crippen LogP contribution in [0.25, 0.3) is 11.0 Å². The van der Waals surface area contributed by atoms with Gasteiger partial charge in [0, 0.05) is 56.2 Å². The normalized spacial score (nSPS) is 11.3. The third kappa shape index (κ3) is 3.93. The van der Waals surface area contributed by atoms with Crippen LogP contribution >= 0.6 is 0 Å². The molecule has 0 unspecified atom stereocenters. The predicted molar refractivity (Wildman–Crippen MR) is 119 cm³/mol. The van der Waals surface area contributed by atoms with Crippen LogP contribution in [0.4, 0.5) is 17.1 Å². The Morgan fingerprint density at radius 1 is 1.00 bits per heavy atom. The molecule has 0 radical (unpaired) electrons. The van der Waals surface area contributed by atoms with E-state index in [1.807, 2.05) is 62.3 Å². The molecule has 0 aliphatic carbocycles. The smallest absolute Gasteiger partial charge is 0.362 e. The number of hydrogen-bond acceptors (Lipinski definition) is 5. The Labute approximate surface area is 165 Å². The quantitative estimate of drug-likeness (QED) is 0.459. The average Bonchev–Trinajstić information content (AvgIpc) is 2.69. The van der Waals surface area contributed by atoms with E-state index in [9.17, 15) is 4.79 Å². The van der Waals surface area contributed by atoms with Crippen LogP contribution < -0.4 is 15.4 Å². The summed E-state index contributed by atoms with van der Waals surface area (Å²) in [7, 11) is 4.00. The van der Waals surface area contributed by atoms with Gasteiger partial charge in [-0.25, -0.2) is 9.79 Å². The van der Waals surface area contributed by atoms with Crippen molar-refractivity contribution in [3.05, 3.63) is 64.0 Å². The number of fused-ring (bicyclic) bond motifs is 1. The highest BCUT2D eigenvalue weighted by molar-refractivity contribution is 5.89. The van der Waals surface area contributed by atoms with Crippen molar-refractivity contribution in [3.8, 4) is 0 Å². The van der Waals surface area contributed by atoms with Gasteiger partial charge in [-0.05, 0) is 56.2 Å². The molecule has 1 heterocycles. The summed E-state index contributed by atoms with van der Waals surface area (Å²) < 4.78 is 5.59. The summed E-state index contributed by atoms with van der Waals surface area (Å²) in [5.41, 5.74) is 4.46. The van der Waals surface area contributed by atoms with Crippen molar-refractivity contribution in [3.63, 3.8) is 0 Å². The van der Waals surface area contributed by atoms with Gasteiger partial charge in [-0.3, -0.25) is 0 Å². The molecule has 3 rings (SSSR count). The van der Waals surface area contributed by atoms with Gasteiger partial charge in [0.25, 0.3) is 0 Å². The second kappa shape index (κ2) is 8.30. The van der Waals surface area contributed by atoms with E-state index in [1.54, 1.807) is 6.21 Å². The zero-order valence-corrected chi connectivity index (χ0v) is 17.2. The highest BCUT2D eigenvalue weighted by Gasteiger charge is 2.12. The Kier molecular flexibility index (Phi) is 5.83. The lowest BCUT2D eigenvalue weighted by atomic mass is 10.1. The third-order valence-corrected chi connectivity index (χ3v) is 5.00. The fourth-order valence-electron chi connectivity index (χ4n) is 3.27. The largest absolute Gasteiger partial charge is 0.421 e. The van der Waals surface area contributed by atoms with Gasteiger partial charge in [0.1, 0.15) is 5.58 Å².